The molecule has 1 saturated heterocycles. The fraction of sp³-hybridized carbons (Fsp3) is 0.458. The summed E-state index contributed by atoms with van der Waals surface area (Å²) in [6.07, 6.45) is 3.63. The van der Waals surface area contributed by atoms with Gasteiger partial charge in [0.2, 0.25) is 0 Å². The van der Waals surface area contributed by atoms with Crippen molar-refractivity contribution in [1.29, 1.82) is 0 Å². The highest BCUT2D eigenvalue weighted by Crippen LogP contribution is 2.34. The smallest absolute Gasteiger partial charge is 0.263 e. The fourth-order valence-corrected chi connectivity index (χ4v) is 5.75. The largest absolute Gasteiger partial charge is 0.399 e. The number of aromatic amines is 1. The van der Waals surface area contributed by atoms with Crippen LogP contribution in [-0.4, -0.2) is 60.0 Å². The van der Waals surface area contributed by atoms with Gasteiger partial charge in [-0.05, 0) is 50.5 Å². The van der Waals surface area contributed by atoms with Gasteiger partial charge in [0.15, 0.2) is 5.13 Å². The number of amides is 1. The molecule has 1 aromatic carbocycles. The van der Waals surface area contributed by atoms with E-state index in [9.17, 15) is 4.79 Å². The van der Waals surface area contributed by atoms with E-state index in [0.717, 1.165) is 51.9 Å². The van der Waals surface area contributed by atoms with Crippen LogP contribution >= 0.6 is 11.3 Å². The lowest BCUT2D eigenvalue weighted by atomic mass is 9.94. The molecule has 8 nitrogen and oxygen atoms in total. The molecule has 9 heteroatoms. The summed E-state index contributed by atoms with van der Waals surface area (Å²) in [7, 11) is 1.56. The number of H-pyrrole nitrogens is 1. The third-order valence-electron chi connectivity index (χ3n) is 6.30. The Morgan fingerprint density at radius 3 is 3.09 bits per heavy atom. The van der Waals surface area contributed by atoms with Gasteiger partial charge in [0.25, 0.3) is 5.91 Å². The zero-order chi connectivity index (χ0) is 23.2. The first-order chi connectivity index (χ1) is 15.8. The van der Waals surface area contributed by atoms with Gasteiger partial charge in [-0.15, -0.1) is 0 Å². The Morgan fingerprint density at radius 2 is 2.27 bits per heavy atom. The van der Waals surface area contributed by atoms with Gasteiger partial charge >= 0.3 is 0 Å². The Balaban J connectivity index is 1.44. The summed E-state index contributed by atoms with van der Waals surface area (Å²) in [6.45, 7) is 8.05. The molecule has 5 rings (SSSR count). The van der Waals surface area contributed by atoms with Crippen LogP contribution in [0.25, 0.3) is 10.9 Å². The Kier molecular flexibility index (Phi) is 5.62. The predicted octanol–water partition coefficient (Wildman–Crippen LogP) is 3.51. The first kappa shape index (κ1) is 21.9. The number of benzene rings is 1. The van der Waals surface area contributed by atoms with Gasteiger partial charge in [0.05, 0.1) is 30.7 Å². The zero-order valence-electron chi connectivity index (χ0n) is 19.4. The highest BCUT2D eigenvalue weighted by molar-refractivity contribution is 7.17. The van der Waals surface area contributed by atoms with Crippen LogP contribution < -0.4 is 10.2 Å². The summed E-state index contributed by atoms with van der Waals surface area (Å²) in [6, 6.07) is 6.41. The summed E-state index contributed by atoms with van der Waals surface area (Å²) < 4.78 is 5.85. The number of nitrogens with one attached hydrogen (secondary N) is 2. The zero-order valence-corrected chi connectivity index (χ0v) is 20.2. The van der Waals surface area contributed by atoms with Crippen molar-refractivity contribution in [3.63, 3.8) is 0 Å². The number of morpholine rings is 1. The quantitative estimate of drug-likeness (QED) is 0.443. The number of carbonyl (C=O) groups excluding carboxylic acids is 1. The van der Waals surface area contributed by atoms with Crippen LogP contribution in [0.5, 0.6) is 0 Å². The lowest BCUT2D eigenvalue weighted by Crippen LogP contribution is -2.48. The summed E-state index contributed by atoms with van der Waals surface area (Å²) in [5, 5.41) is 9.23. The van der Waals surface area contributed by atoms with Crippen molar-refractivity contribution in [2.24, 2.45) is 5.16 Å². The number of hydrogen-bond acceptors (Lipinski definition) is 7. The standard InChI is InChI=1S/C24H29N5O3S/c1-14(28-31-4)15-5-6-19-18(10-15)16(12-25-19)9-17-13-32-8-7-29(17)23-26-20-11-24(2,3)27-22(30)21(20)33-23/h5-6,10,12,17,25H,7-9,11,13H2,1-4H3,(H,27,30)/t17-/m0/s1. The van der Waals surface area contributed by atoms with Crippen molar-refractivity contribution in [3.05, 3.63) is 46.1 Å². The second kappa shape index (κ2) is 8.46. The molecule has 0 unspecified atom stereocenters. The maximum atomic E-state index is 12.6. The number of hydrogen-bond donors (Lipinski definition) is 2. The minimum Gasteiger partial charge on any atom is -0.399 e. The number of thiazole rings is 1. The molecule has 2 N–H and O–H groups in total. The average Bonchev–Trinajstić information content (AvgIpc) is 3.37. The first-order valence-electron chi connectivity index (χ1n) is 11.2. The van der Waals surface area contributed by atoms with Gasteiger partial charge in [-0.2, -0.15) is 0 Å². The van der Waals surface area contributed by atoms with Gasteiger partial charge < -0.3 is 24.8 Å². The minimum absolute atomic E-state index is 0.0212. The highest BCUT2D eigenvalue weighted by Gasteiger charge is 2.35. The van der Waals surface area contributed by atoms with Crippen LogP contribution in [0.2, 0.25) is 0 Å². The molecule has 1 amide bonds. The molecule has 0 aliphatic carbocycles. The Bertz CT molecular complexity index is 1230. The van der Waals surface area contributed by atoms with Crippen LogP contribution in [0.4, 0.5) is 5.13 Å². The van der Waals surface area contributed by atoms with E-state index >= 15 is 0 Å². The van der Waals surface area contributed by atoms with E-state index in [0.29, 0.717) is 13.2 Å². The van der Waals surface area contributed by atoms with E-state index < -0.39 is 0 Å². The molecular formula is C24H29N5O3S. The highest BCUT2D eigenvalue weighted by atomic mass is 32.1. The van der Waals surface area contributed by atoms with Gasteiger partial charge in [-0.3, -0.25) is 4.79 Å². The topological polar surface area (TPSA) is 91.8 Å². The van der Waals surface area contributed by atoms with Crippen molar-refractivity contribution in [1.82, 2.24) is 15.3 Å². The maximum absolute atomic E-state index is 12.6. The molecule has 4 heterocycles. The Labute approximate surface area is 197 Å². The summed E-state index contributed by atoms with van der Waals surface area (Å²) >= 11 is 1.49. The number of anilines is 1. The normalized spacial score (nSPS) is 20.6. The fourth-order valence-electron chi connectivity index (χ4n) is 4.68. The van der Waals surface area contributed by atoms with E-state index in [1.165, 1.54) is 22.3 Å². The van der Waals surface area contributed by atoms with Crippen LogP contribution in [0.1, 0.15) is 47.3 Å². The molecule has 1 atom stereocenters. The minimum atomic E-state index is -0.272. The number of carbonyl (C=O) groups is 1. The third-order valence-corrected chi connectivity index (χ3v) is 7.43. The van der Waals surface area contributed by atoms with Gasteiger partial charge in [-0.25, -0.2) is 4.98 Å². The molecule has 33 heavy (non-hydrogen) atoms. The predicted molar refractivity (Wildman–Crippen MR) is 131 cm³/mol. The molecule has 174 valence electrons. The van der Waals surface area contributed by atoms with Crippen molar-refractivity contribution in [3.8, 4) is 0 Å². The van der Waals surface area contributed by atoms with Crippen LogP contribution in [-0.2, 0) is 22.4 Å². The van der Waals surface area contributed by atoms with Crippen LogP contribution in [0.3, 0.4) is 0 Å². The van der Waals surface area contributed by atoms with E-state index in [2.05, 4.69) is 38.7 Å². The molecule has 2 aliphatic rings. The first-order valence-corrected chi connectivity index (χ1v) is 12.0. The molecule has 0 saturated carbocycles. The van der Waals surface area contributed by atoms with Crippen LogP contribution in [0.15, 0.2) is 29.6 Å². The lowest BCUT2D eigenvalue weighted by Gasteiger charge is -2.35. The summed E-state index contributed by atoms with van der Waals surface area (Å²) in [4.78, 5) is 28.9. The van der Waals surface area contributed by atoms with Crippen molar-refractivity contribution >= 4 is 39.0 Å². The SMILES string of the molecule is CON=C(C)c1ccc2[nH]cc(C[C@H]3COCCN3c3nc4c(s3)C(=O)NC(C)(C)C4)c2c1. The number of nitrogens with zero attached hydrogens (tertiary/aromatic N) is 3. The Hall–Kier alpha value is -2.91. The summed E-state index contributed by atoms with van der Waals surface area (Å²) in [5.41, 5.74) is 4.81. The average molecular weight is 468 g/mol. The van der Waals surface area contributed by atoms with Crippen molar-refractivity contribution in [2.45, 2.75) is 45.2 Å². The molecule has 2 aliphatic heterocycles. The number of oxime groups is 1. The monoisotopic (exact) mass is 467 g/mol. The van der Waals surface area contributed by atoms with E-state index in [1.807, 2.05) is 26.8 Å². The number of ether oxygens (including phenoxy) is 1. The lowest BCUT2D eigenvalue weighted by molar-refractivity contribution is 0.0900. The van der Waals surface area contributed by atoms with Gasteiger partial charge in [0, 0.05) is 35.6 Å². The van der Waals surface area contributed by atoms with Crippen molar-refractivity contribution in [2.75, 3.05) is 31.8 Å². The second-order valence-corrected chi connectivity index (χ2v) is 10.3. The van der Waals surface area contributed by atoms with Gasteiger partial charge in [0.1, 0.15) is 12.0 Å². The van der Waals surface area contributed by atoms with E-state index in [4.69, 9.17) is 14.6 Å². The maximum Gasteiger partial charge on any atom is 0.263 e. The van der Waals surface area contributed by atoms with Gasteiger partial charge in [-0.1, -0.05) is 22.6 Å². The molecule has 0 bridgehead atoms. The number of rotatable bonds is 5. The number of aromatic nitrogens is 2. The number of fused-ring (bicyclic) bond motifs is 2. The molecule has 0 radical (unpaired) electrons. The summed E-state index contributed by atoms with van der Waals surface area (Å²) in [5.74, 6) is -0.0212. The van der Waals surface area contributed by atoms with Crippen molar-refractivity contribution < 1.29 is 14.4 Å². The van der Waals surface area contributed by atoms with Crippen LogP contribution in [0, 0.1) is 0 Å². The second-order valence-electron chi connectivity index (χ2n) is 9.35. The molecule has 1 fully saturated rings. The molecule has 0 spiro atoms. The third kappa shape index (κ3) is 4.22. The molecule has 2 aromatic heterocycles. The molecule has 3 aromatic rings. The Morgan fingerprint density at radius 1 is 1.42 bits per heavy atom. The molecular weight excluding hydrogens is 438 g/mol. The van der Waals surface area contributed by atoms with E-state index in [-0.39, 0.29) is 17.5 Å². The van der Waals surface area contributed by atoms with E-state index in [1.54, 1.807) is 7.11 Å².